The van der Waals surface area contributed by atoms with Crippen molar-refractivity contribution in [1.82, 2.24) is 5.43 Å². The quantitative estimate of drug-likeness (QED) is 0.631. The second-order valence-corrected chi connectivity index (χ2v) is 6.88. The van der Waals surface area contributed by atoms with Crippen LogP contribution in [0.25, 0.3) is 0 Å². The lowest BCUT2D eigenvalue weighted by Crippen LogP contribution is -2.38. The van der Waals surface area contributed by atoms with E-state index in [2.05, 4.69) is 5.43 Å². The number of hydrogen-bond acceptors (Lipinski definition) is 5. The average Bonchev–Trinajstić information content (AvgIpc) is 2.30. The molecule has 0 aromatic heterocycles. The molecule has 3 N–H and O–H groups in total. The number of ether oxygens (including phenoxy) is 1. The normalized spacial score (nSPS) is 15.2. The summed E-state index contributed by atoms with van der Waals surface area (Å²) in [4.78, 5) is 0. The minimum Gasteiger partial charge on any atom is -0.495 e. The Balaban J connectivity index is 3.17. The van der Waals surface area contributed by atoms with E-state index in [9.17, 15) is 8.42 Å². The third kappa shape index (κ3) is 3.35. The lowest BCUT2D eigenvalue weighted by molar-refractivity contribution is 0.413. The van der Waals surface area contributed by atoms with E-state index in [4.69, 9.17) is 22.2 Å². The Kier molecular flexibility index (Phi) is 4.98. The summed E-state index contributed by atoms with van der Waals surface area (Å²) < 4.78 is 28.2. The van der Waals surface area contributed by atoms with E-state index in [-0.39, 0.29) is 0 Å². The van der Waals surface area contributed by atoms with Gasteiger partial charge >= 0.3 is 0 Å². The largest absolute Gasteiger partial charge is 0.495 e. The molecule has 0 aliphatic rings. The van der Waals surface area contributed by atoms with Gasteiger partial charge in [0.15, 0.2) is 9.84 Å². The molecule has 0 heterocycles. The Morgan fingerprint density at radius 3 is 2.50 bits per heavy atom. The minimum atomic E-state index is -3.21. The molecule has 1 rings (SSSR count). The molecule has 0 saturated heterocycles. The molecule has 0 aliphatic carbocycles. The van der Waals surface area contributed by atoms with Gasteiger partial charge in [0, 0.05) is 6.26 Å². The number of rotatable bonds is 5. The maximum Gasteiger partial charge on any atom is 0.151 e. The van der Waals surface area contributed by atoms with Crippen LogP contribution >= 0.6 is 11.6 Å². The molecule has 0 spiro atoms. The van der Waals surface area contributed by atoms with E-state index in [1.807, 2.05) is 0 Å². The number of nitrogens with one attached hydrogen (secondary N) is 1. The Labute approximate surface area is 112 Å². The van der Waals surface area contributed by atoms with Gasteiger partial charge in [0.2, 0.25) is 0 Å². The fraction of sp³-hybridized carbons (Fsp3) is 0.455. The van der Waals surface area contributed by atoms with Crippen LogP contribution in [0.2, 0.25) is 5.02 Å². The Bertz CT molecular complexity index is 519. The molecule has 0 aliphatic heterocycles. The van der Waals surface area contributed by atoms with Gasteiger partial charge in [0.25, 0.3) is 0 Å². The van der Waals surface area contributed by atoms with Crippen LogP contribution in [0.1, 0.15) is 18.5 Å². The van der Waals surface area contributed by atoms with E-state index in [0.717, 1.165) is 0 Å². The Hall–Kier alpha value is -0.820. The first-order valence-corrected chi connectivity index (χ1v) is 7.63. The monoisotopic (exact) mass is 292 g/mol. The van der Waals surface area contributed by atoms with Crippen molar-refractivity contribution in [3.05, 3.63) is 28.8 Å². The van der Waals surface area contributed by atoms with Gasteiger partial charge in [-0.15, -0.1) is 0 Å². The van der Waals surface area contributed by atoms with Crippen molar-refractivity contribution < 1.29 is 13.2 Å². The molecule has 2 unspecified atom stereocenters. The highest BCUT2D eigenvalue weighted by Crippen LogP contribution is 2.29. The maximum atomic E-state index is 11.6. The van der Waals surface area contributed by atoms with Gasteiger partial charge in [-0.2, -0.15) is 0 Å². The van der Waals surface area contributed by atoms with Gasteiger partial charge < -0.3 is 4.74 Å². The van der Waals surface area contributed by atoms with Crippen molar-refractivity contribution in [2.24, 2.45) is 5.84 Å². The molecule has 7 heteroatoms. The summed E-state index contributed by atoms with van der Waals surface area (Å²) in [7, 11) is -1.71. The van der Waals surface area contributed by atoms with Crippen molar-refractivity contribution in [3.63, 3.8) is 0 Å². The lowest BCUT2D eigenvalue weighted by Gasteiger charge is -2.22. The number of sulfone groups is 1. The summed E-state index contributed by atoms with van der Waals surface area (Å²) in [6.07, 6.45) is 1.18. The molecule has 102 valence electrons. The SMILES string of the molecule is COc1cc(C(NN)C(C)S(C)(=O)=O)ccc1Cl. The zero-order valence-corrected chi connectivity index (χ0v) is 12.0. The summed E-state index contributed by atoms with van der Waals surface area (Å²) in [6, 6.07) is 4.52. The predicted molar refractivity (Wildman–Crippen MR) is 72.4 cm³/mol. The van der Waals surface area contributed by atoms with Crippen molar-refractivity contribution in [2.45, 2.75) is 18.2 Å². The standard InChI is InChI=1S/C11H17ClN2O3S/c1-7(18(3,15)16)11(14-13)8-4-5-9(12)10(6-8)17-2/h4-7,11,14H,13H2,1-3H3. The first kappa shape index (κ1) is 15.2. The molecule has 5 nitrogen and oxygen atoms in total. The Morgan fingerprint density at radius 1 is 1.44 bits per heavy atom. The predicted octanol–water partition coefficient (Wildman–Crippen LogP) is 1.29. The summed E-state index contributed by atoms with van der Waals surface area (Å²) in [5.41, 5.74) is 3.22. The number of benzene rings is 1. The summed E-state index contributed by atoms with van der Waals surface area (Å²) in [5, 5.41) is -0.197. The number of hydrazine groups is 1. The first-order valence-electron chi connectivity index (χ1n) is 5.29. The van der Waals surface area contributed by atoms with Crippen LogP contribution in [-0.2, 0) is 9.84 Å². The molecule has 0 saturated carbocycles. The third-order valence-electron chi connectivity index (χ3n) is 2.86. The molecule has 1 aromatic carbocycles. The third-order valence-corrected chi connectivity index (χ3v) is 4.79. The highest BCUT2D eigenvalue weighted by molar-refractivity contribution is 7.91. The maximum absolute atomic E-state index is 11.6. The van der Waals surface area contributed by atoms with Crippen LogP contribution in [0, 0.1) is 0 Å². The number of hydrogen-bond donors (Lipinski definition) is 2. The topological polar surface area (TPSA) is 81.4 Å². The molecule has 0 radical (unpaired) electrons. The highest BCUT2D eigenvalue weighted by atomic mass is 35.5. The van der Waals surface area contributed by atoms with Gasteiger partial charge in [-0.1, -0.05) is 17.7 Å². The fourth-order valence-electron chi connectivity index (χ4n) is 1.62. The lowest BCUT2D eigenvalue weighted by atomic mass is 10.0. The molecule has 18 heavy (non-hydrogen) atoms. The van der Waals surface area contributed by atoms with Crippen LogP contribution in [-0.4, -0.2) is 27.0 Å². The number of halogens is 1. The van der Waals surface area contributed by atoms with Crippen molar-refractivity contribution in [2.75, 3.05) is 13.4 Å². The van der Waals surface area contributed by atoms with E-state index >= 15 is 0 Å². The zero-order chi connectivity index (χ0) is 13.9. The Morgan fingerprint density at radius 2 is 2.06 bits per heavy atom. The van der Waals surface area contributed by atoms with Gasteiger partial charge in [0.05, 0.1) is 23.4 Å². The summed E-state index contributed by atoms with van der Waals surface area (Å²) >= 11 is 5.92. The van der Waals surface area contributed by atoms with E-state index in [1.165, 1.54) is 13.4 Å². The van der Waals surface area contributed by atoms with Gasteiger partial charge in [-0.25, -0.2) is 8.42 Å². The molecule has 0 fully saturated rings. The van der Waals surface area contributed by atoms with E-state index in [1.54, 1.807) is 25.1 Å². The molecular formula is C11H17ClN2O3S. The van der Waals surface area contributed by atoms with Crippen LogP contribution in [0.3, 0.4) is 0 Å². The molecule has 2 atom stereocenters. The van der Waals surface area contributed by atoms with Crippen LogP contribution in [0.4, 0.5) is 0 Å². The number of nitrogens with two attached hydrogens (primary N) is 1. The first-order chi connectivity index (χ1) is 8.31. The molecule has 1 aromatic rings. The number of methoxy groups -OCH3 is 1. The van der Waals surface area contributed by atoms with Gasteiger partial charge in [-0.05, 0) is 24.6 Å². The van der Waals surface area contributed by atoms with Crippen LogP contribution < -0.4 is 16.0 Å². The van der Waals surface area contributed by atoms with Gasteiger partial charge in [-0.3, -0.25) is 11.3 Å². The second kappa shape index (κ2) is 5.88. The summed E-state index contributed by atoms with van der Waals surface area (Å²) in [6.45, 7) is 1.60. The fourth-order valence-corrected chi connectivity index (χ4v) is 2.54. The van der Waals surface area contributed by atoms with E-state index in [0.29, 0.717) is 16.3 Å². The van der Waals surface area contributed by atoms with Crippen LogP contribution in [0.15, 0.2) is 18.2 Å². The average molecular weight is 293 g/mol. The highest BCUT2D eigenvalue weighted by Gasteiger charge is 2.27. The van der Waals surface area contributed by atoms with Crippen molar-refractivity contribution >= 4 is 21.4 Å². The minimum absolute atomic E-state index is 0.462. The van der Waals surface area contributed by atoms with Gasteiger partial charge in [0.1, 0.15) is 5.75 Å². The second-order valence-electron chi connectivity index (χ2n) is 4.07. The van der Waals surface area contributed by atoms with Crippen LogP contribution in [0.5, 0.6) is 5.75 Å². The van der Waals surface area contributed by atoms with Crippen molar-refractivity contribution in [3.8, 4) is 5.75 Å². The molecular weight excluding hydrogens is 276 g/mol. The zero-order valence-electron chi connectivity index (χ0n) is 10.5. The summed E-state index contributed by atoms with van der Waals surface area (Å²) in [5.74, 6) is 5.93. The smallest absolute Gasteiger partial charge is 0.151 e. The molecule has 0 bridgehead atoms. The van der Waals surface area contributed by atoms with E-state index < -0.39 is 21.1 Å². The molecule has 0 amide bonds. The van der Waals surface area contributed by atoms with Crippen molar-refractivity contribution in [1.29, 1.82) is 0 Å².